The first-order valence-electron chi connectivity index (χ1n) is 6.63. The third kappa shape index (κ3) is 3.70. The van der Waals surface area contributed by atoms with Gasteiger partial charge < -0.3 is 15.7 Å². The summed E-state index contributed by atoms with van der Waals surface area (Å²) in [6, 6.07) is -0.360. The third-order valence-corrected chi connectivity index (χ3v) is 3.42. The molecule has 0 fully saturated rings. The van der Waals surface area contributed by atoms with Gasteiger partial charge in [-0.15, -0.1) is 0 Å². The minimum absolute atomic E-state index is 0.0197. The van der Waals surface area contributed by atoms with E-state index in [9.17, 15) is 4.79 Å². The van der Waals surface area contributed by atoms with Crippen LogP contribution in [0.3, 0.4) is 0 Å². The maximum atomic E-state index is 11.9. The fourth-order valence-electron chi connectivity index (χ4n) is 1.84. The van der Waals surface area contributed by atoms with Gasteiger partial charge in [-0.1, -0.05) is 6.92 Å². The molecule has 0 radical (unpaired) electrons. The normalized spacial score (nSPS) is 14.0. The first-order chi connectivity index (χ1) is 8.90. The van der Waals surface area contributed by atoms with Crippen molar-refractivity contribution in [1.82, 2.24) is 15.1 Å². The smallest absolute Gasteiger partial charge is 0.319 e. The van der Waals surface area contributed by atoms with Crippen LogP contribution in [0.2, 0.25) is 0 Å². The van der Waals surface area contributed by atoms with Gasteiger partial charge in [-0.2, -0.15) is 5.10 Å². The molecule has 2 unspecified atom stereocenters. The van der Waals surface area contributed by atoms with Crippen molar-refractivity contribution < 1.29 is 9.90 Å². The molecule has 1 aromatic rings. The summed E-state index contributed by atoms with van der Waals surface area (Å²) >= 11 is 0. The molecule has 0 aromatic carbocycles. The first-order valence-corrected chi connectivity index (χ1v) is 6.63. The van der Waals surface area contributed by atoms with Crippen LogP contribution in [0, 0.1) is 19.8 Å². The highest BCUT2D eigenvalue weighted by Gasteiger charge is 2.17. The number of urea groups is 1. The lowest BCUT2D eigenvalue weighted by Gasteiger charge is -2.19. The molecular weight excluding hydrogens is 244 g/mol. The van der Waals surface area contributed by atoms with E-state index in [0.717, 1.165) is 23.6 Å². The van der Waals surface area contributed by atoms with E-state index in [2.05, 4.69) is 15.7 Å². The molecule has 0 saturated heterocycles. The van der Waals surface area contributed by atoms with Crippen LogP contribution >= 0.6 is 0 Å². The highest BCUT2D eigenvalue weighted by molar-refractivity contribution is 5.90. The van der Waals surface area contributed by atoms with Crippen LogP contribution in [0.15, 0.2) is 0 Å². The standard InChI is InChI=1S/C13H24N4O2/c1-6-17-11(5)12(10(4)16-17)15-13(19)14-9(3)8(2)7-18/h8-9,18H,6-7H2,1-5H3,(H2,14,15,19). The molecule has 2 atom stereocenters. The fraction of sp³-hybridized carbons (Fsp3) is 0.692. The number of rotatable bonds is 5. The van der Waals surface area contributed by atoms with Gasteiger partial charge in [-0.25, -0.2) is 4.79 Å². The molecule has 1 heterocycles. The summed E-state index contributed by atoms with van der Waals surface area (Å²) in [6.45, 7) is 10.4. The molecule has 0 spiro atoms. The quantitative estimate of drug-likeness (QED) is 0.760. The van der Waals surface area contributed by atoms with Crippen LogP contribution in [0.1, 0.15) is 32.2 Å². The molecule has 1 aromatic heterocycles. The summed E-state index contributed by atoms with van der Waals surface area (Å²) in [6.07, 6.45) is 0. The maximum absolute atomic E-state index is 11.9. The van der Waals surface area contributed by atoms with Gasteiger partial charge in [0.15, 0.2) is 0 Å². The second-order valence-electron chi connectivity index (χ2n) is 4.91. The number of hydrogen-bond donors (Lipinski definition) is 3. The first kappa shape index (κ1) is 15.5. The minimum Gasteiger partial charge on any atom is -0.396 e. The number of carbonyl (C=O) groups excluding carboxylic acids is 1. The van der Waals surface area contributed by atoms with Gasteiger partial charge >= 0.3 is 6.03 Å². The van der Waals surface area contributed by atoms with Gasteiger partial charge in [-0.05, 0) is 33.6 Å². The van der Waals surface area contributed by atoms with Crippen molar-refractivity contribution in [2.45, 2.75) is 47.2 Å². The van der Waals surface area contributed by atoms with E-state index in [-0.39, 0.29) is 24.6 Å². The molecule has 3 N–H and O–H groups in total. The molecule has 108 valence electrons. The maximum Gasteiger partial charge on any atom is 0.319 e. The summed E-state index contributed by atoms with van der Waals surface area (Å²) in [7, 11) is 0. The van der Waals surface area contributed by atoms with Gasteiger partial charge in [-0.3, -0.25) is 4.68 Å². The Hall–Kier alpha value is -1.56. The Kier molecular flexibility index (Phi) is 5.35. The van der Waals surface area contributed by atoms with Crippen molar-refractivity contribution in [2.24, 2.45) is 5.92 Å². The number of anilines is 1. The predicted molar refractivity (Wildman–Crippen MR) is 75.2 cm³/mol. The lowest BCUT2D eigenvalue weighted by atomic mass is 10.1. The fourth-order valence-corrected chi connectivity index (χ4v) is 1.84. The SMILES string of the molecule is CCn1nc(C)c(NC(=O)NC(C)C(C)CO)c1C. The average Bonchev–Trinajstić information content (AvgIpc) is 2.64. The zero-order valence-corrected chi connectivity index (χ0v) is 12.3. The van der Waals surface area contributed by atoms with Crippen LogP contribution in [0.25, 0.3) is 0 Å². The monoisotopic (exact) mass is 268 g/mol. The number of aliphatic hydroxyl groups excluding tert-OH is 1. The molecule has 0 bridgehead atoms. The Morgan fingerprint density at radius 1 is 1.42 bits per heavy atom. The van der Waals surface area contributed by atoms with Crippen LogP contribution in [-0.4, -0.2) is 33.6 Å². The van der Waals surface area contributed by atoms with E-state index in [1.54, 1.807) is 0 Å². The Morgan fingerprint density at radius 2 is 2.05 bits per heavy atom. The van der Waals surface area contributed by atoms with E-state index in [0.29, 0.717) is 0 Å². The van der Waals surface area contributed by atoms with Crippen molar-refractivity contribution in [1.29, 1.82) is 0 Å². The van der Waals surface area contributed by atoms with Crippen LogP contribution < -0.4 is 10.6 Å². The number of aryl methyl sites for hydroxylation is 2. The van der Waals surface area contributed by atoms with Crippen molar-refractivity contribution in [3.63, 3.8) is 0 Å². The van der Waals surface area contributed by atoms with E-state index in [4.69, 9.17) is 5.11 Å². The molecule has 0 aliphatic carbocycles. The average molecular weight is 268 g/mol. The summed E-state index contributed by atoms with van der Waals surface area (Å²) in [5, 5.41) is 19.0. The molecule has 6 nitrogen and oxygen atoms in total. The van der Waals surface area contributed by atoms with E-state index < -0.39 is 0 Å². The number of carbonyl (C=O) groups is 1. The number of hydrogen-bond acceptors (Lipinski definition) is 3. The molecule has 19 heavy (non-hydrogen) atoms. The second kappa shape index (κ2) is 6.56. The lowest BCUT2D eigenvalue weighted by Crippen LogP contribution is -2.41. The van der Waals surface area contributed by atoms with Gasteiger partial charge in [0.2, 0.25) is 0 Å². The zero-order chi connectivity index (χ0) is 14.6. The van der Waals surface area contributed by atoms with Crippen molar-refractivity contribution in [3.05, 3.63) is 11.4 Å². The molecule has 0 saturated carbocycles. The highest BCUT2D eigenvalue weighted by Crippen LogP contribution is 2.19. The Balaban J connectivity index is 2.70. The van der Waals surface area contributed by atoms with Gasteiger partial charge in [0.05, 0.1) is 17.1 Å². The van der Waals surface area contributed by atoms with E-state index >= 15 is 0 Å². The Labute approximate surface area is 114 Å². The van der Waals surface area contributed by atoms with Gasteiger partial charge in [0.1, 0.15) is 0 Å². The number of nitrogens with one attached hydrogen (secondary N) is 2. The number of nitrogens with zero attached hydrogens (tertiary/aromatic N) is 2. The van der Waals surface area contributed by atoms with E-state index in [1.165, 1.54) is 0 Å². The minimum atomic E-state index is -0.269. The largest absolute Gasteiger partial charge is 0.396 e. The van der Waals surface area contributed by atoms with Gasteiger partial charge in [0, 0.05) is 19.2 Å². The molecule has 1 rings (SSSR count). The van der Waals surface area contributed by atoms with Crippen LogP contribution in [0.5, 0.6) is 0 Å². The highest BCUT2D eigenvalue weighted by atomic mass is 16.3. The number of aliphatic hydroxyl groups is 1. The summed E-state index contributed by atoms with van der Waals surface area (Å²) in [4.78, 5) is 11.9. The molecule has 6 heteroatoms. The molecule has 0 aliphatic heterocycles. The second-order valence-corrected chi connectivity index (χ2v) is 4.91. The molecule has 0 aliphatic rings. The Morgan fingerprint density at radius 3 is 2.53 bits per heavy atom. The van der Waals surface area contributed by atoms with Gasteiger partial charge in [0.25, 0.3) is 0 Å². The number of aromatic nitrogens is 2. The van der Waals surface area contributed by atoms with Crippen molar-refractivity contribution >= 4 is 11.7 Å². The van der Waals surface area contributed by atoms with Crippen molar-refractivity contribution in [2.75, 3.05) is 11.9 Å². The summed E-state index contributed by atoms with van der Waals surface area (Å²) in [5.41, 5.74) is 2.50. The van der Waals surface area contributed by atoms with Crippen molar-refractivity contribution in [3.8, 4) is 0 Å². The molecular formula is C13H24N4O2. The Bertz CT molecular complexity index is 442. The van der Waals surface area contributed by atoms with Crippen LogP contribution in [0.4, 0.5) is 10.5 Å². The summed E-state index contributed by atoms with van der Waals surface area (Å²) < 4.78 is 1.85. The predicted octanol–water partition coefficient (Wildman–Crippen LogP) is 1.66. The third-order valence-electron chi connectivity index (χ3n) is 3.42. The summed E-state index contributed by atoms with van der Waals surface area (Å²) in [5.74, 6) is 0.0197. The number of amides is 2. The molecule has 2 amide bonds. The van der Waals surface area contributed by atoms with E-state index in [1.807, 2.05) is 39.3 Å². The topological polar surface area (TPSA) is 79.2 Å². The lowest BCUT2D eigenvalue weighted by molar-refractivity contribution is 0.204. The van der Waals surface area contributed by atoms with Crippen LogP contribution in [-0.2, 0) is 6.54 Å². The zero-order valence-electron chi connectivity index (χ0n) is 12.3.